The minimum absolute atomic E-state index is 0.305. The first kappa shape index (κ1) is 18.0. The van der Waals surface area contributed by atoms with E-state index in [2.05, 4.69) is 15.6 Å². The molecule has 8 nitrogen and oxygen atoms in total. The molecule has 0 bridgehead atoms. The van der Waals surface area contributed by atoms with Crippen LogP contribution >= 0.6 is 0 Å². The van der Waals surface area contributed by atoms with Crippen molar-refractivity contribution in [3.63, 3.8) is 0 Å². The van der Waals surface area contributed by atoms with Crippen LogP contribution in [0, 0.1) is 0 Å². The van der Waals surface area contributed by atoms with E-state index in [9.17, 15) is 14.4 Å². The summed E-state index contributed by atoms with van der Waals surface area (Å²) in [6.07, 6.45) is 1.96. The van der Waals surface area contributed by atoms with Crippen LogP contribution < -0.4 is 15.4 Å². The van der Waals surface area contributed by atoms with Gasteiger partial charge in [-0.25, -0.2) is 4.79 Å². The Balaban J connectivity index is 1.50. The van der Waals surface area contributed by atoms with Crippen LogP contribution in [-0.2, 0) is 15.1 Å². The normalized spacial score (nSPS) is 21.7. The predicted octanol–water partition coefficient (Wildman–Crippen LogP) is 1.49. The first-order valence-corrected chi connectivity index (χ1v) is 9.08. The Morgan fingerprint density at radius 1 is 1.29 bits per heavy atom. The number of ether oxygens (including phenoxy) is 1. The lowest BCUT2D eigenvalue weighted by Gasteiger charge is -2.33. The minimum Gasteiger partial charge on any atom is -0.493 e. The molecule has 2 aliphatic heterocycles. The quantitative estimate of drug-likeness (QED) is 0.783. The SMILES string of the molecule is C[C@@H](NC(=O)CN1C(=O)N[C@@]2(CCOc3ccccc32)C1=O)c1ccccn1. The van der Waals surface area contributed by atoms with E-state index in [1.54, 1.807) is 43.5 Å². The van der Waals surface area contributed by atoms with E-state index in [1.165, 1.54) is 0 Å². The van der Waals surface area contributed by atoms with Gasteiger partial charge in [0.1, 0.15) is 12.3 Å². The maximum atomic E-state index is 13.1. The minimum atomic E-state index is -1.18. The molecule has 28 heavy (non-hydrogen) atoms. The second-order valence-electron chi connectivity index (χ2n) is 6.87. The van der Waals surface area contributed by atoms with Gasteiger partial charge < -0.3 is 15.4 Å². The second kappa shape index (κ2) is 6.95. The summed E-state index contributed by atoms with van der Waals surface area (Å²) in [7, 11) is 0. The van der Waals surface area contributed by atoms with Crippen LogP contribution in [0.5, 0.6) is 5.75 Å². The van der Waals surface area contributed by atoms with E-state index in [0.29, 0.717) is 30.0 Å². The zero-order valence-corrected chi connectivity index (χ0v) is 15.3. The van der Waals surface area contributed by atoms with Crippen molar-refractivity contribution in [2.24, 2.45) is 0 Å². The number of para-hydroxylation sites is 1. The Bertz CT molecular complexity index is 933. The summed E-state index contributed by atoms with van der Waals surface area (Å²) in [5.41, 5.74) is 0.131. The first-order chi connectivity index (χ1) is 13.5. The molecule has 1 aromatic heterocycles. The van der Waals surface area contributed by atoms with Crippen LogP contribution in [0.3, 0.4) is 0 Å². The number of pyridine rings is 1. The zero-order valence-electron chi connectivity index (χ0n) is 15.3. The molecule has 2 aromatic rings. The molecule has 8 heteroatoms. The third kappa shape index (κ3) is 2.96. The number of nitrogens with zero attached hydrogens (tertiary/aromatic N) is 2. The highest BCUT2D eigenvalue weighted by Crippen LogP contribution is 2.40. The van der Waals surface area contributed by atoms with Crippen LogP contribution in [-0.4, -0.2) is 40.9 Å². The number of nitrogens with one attached hydrogen (secondary N) is 2. The van der Waals surface area contributed by atoms with Crippen molar-refractivity contribution in [3.8, 4) is 5.75 Å². The molecular formula is C20H20N4O4. The monoisotopic (exact) mass is 380 g/mol. The molecule has 2 N–H and O–H groups in total. The Morgan fingerprint density at radius 3 is 2.86 bits per heavy atom. The number of carbonyl (C=O) groups excluding carboxylic acids is 3. The fraction of sp³-hybridized carbons (Fsp3) is 0.300. The molecule has 2 aliphatic rings. The standard InChI is InChI=1S/C20H20N4O4/c1-13(15-7-4-5-10-21-15)22-17(25)12-24-18(26)20(23-19(24)27)9-11-28-16-8-3-2-6-14(16)20/h2-8,10,13H,9,11-12H2,1H3,(H,22,25)(H,23,27)/t13-,20-/m1/s1. The molecule has 0 unspecified atom stereocenters. The Morgan fingerprint density at radius 2 is 2.07 bits per heavy atom. The molecule has 0 saturated carbocycles. The van der Waals surface area contributed by atoms with Crippen molar-refractivity contribution >= 4 is 17.8 Å². The summed E-state index contributed by atoms with van der Waals surface area (Å²) in [6.45, 7) is 1.74. The van der Waals surface area contributed by atoms with Crippen LogP contribution in [0.1, 0.15) is 30.6 Å². The number of hydrogen-bond donors (Lipinski definition) is 2. The molecule has 1 aromatic carbocycles. The number of rotatable bonds is 4. The highest BCUT2D eigenvalue weighted by molar-refractivity contribution is 6.09. The maximum Gasteiger partial charge on any atom is 0.325 e. The van der Waals surface area contributed by atoms with Gasteiger partial charge in [0.15, 0.2) is 5.54 Å². The summed E-state index contributed by atoms with van der Waals surface area (Å²) in [4.78, 5) is 43.3. The molecule has 4 rings (SSSR count). The van der Waals surface area contributed by atoms with Crippen LogP contribution in [0.2, 0.25) is 0 Å². The summed E-state index contributed by atoms with van der Waals surface area (Å²) < 4.78 is 5.60. The summed E-state index contributed by atoms with van der Waals surface area (Å²) in [5, 5.41) is 5.56. The van der Waals surface area contributed by atoms with E-state index in [0.717, 1.165) is 4.90 Å². The molecule has 0 radical (unpaired) electrons. The van der Waals surface area contributed by atoms with E-state index in [-0.39, 0.29) is 12.6 Å². The summed E-state index contributed by atoms with van der Waals surface area (Å²) >= 11 is 0. The molecule has 1 fully saturated rings. The molecule has 0 aliphatic carbocycles. The molecule has 144 valence electrons. The van der Waals surface area contributed by atoms with Crippen LogP contribution in [0.4, 0.5) is 4.79 Å². The van der Waals surface area contributed by atoms with Crippen molar-refractivity contribution < 1.29 is 19.1 Å². The van der Waals surface area contributed by atoms with Gasteiger partial charge >= 0.3 is 6.03 Å². The van der Waals surface area contributed by atoms with Crippen LogP contribution in [0.25, 0.3) is 0 Å². The van der Waals surface area contributed by atoms with Crippen molar-refractivity contribution in [1.29, 1.82) is 0 Å². The third-order valence-corrected chi connectivity index (χ3v) is 5.07. The lowest BCUT2D eigenvalue weighted by molar-refractivity contribution is -0.136. The number of carbonyl (C=O) groups is 3. The Hall–Kier alpha value is -3.42. The van der Waals surface area contributed by atoms with Crippen LogP contribution in [0.15, 0.2) is 48.7 Å². The van der Waals surface area contributed by atoms with Gasteiger partial charge in [-0.05, 0) is 25.1 Å². The highest BCUT2D eigenvalue weighted by Gasteiger charge is 2.55. The zero-order chi connectivity index (χ0) is 19.7. The second-order valence-corrected chi connectivity index (χ2v) is 6.87. The lowest BCUT2D eigenvalue weighted by atomic mass is 9.84. The Kier molecular flexibility index (Phi) is 4.46. The smallest absolute Gasteiger partial charge is 0.325 e. The first-order valence-electron chi connectivity index (χ1n) is 9.08. The van der Waals surface area contributed by atoms with Crippen molar-refractivity contribution in [3.05, 3.63) is 59.9 Å². The molecule has 1 saturated heterocycles. The number of hydrogen-bond acceptors (Lipinski definition) is 5. The van der Waals surface area contributed by atoms with Gasteiger partial charge in [0.2, 0.25) is 5.91 Å². The number of imide groups is 1. The Labute approximate surface area is 161 Å². The fourth-order valence-electron chi connectivity index (χ4n) is 3.65. The highest BCUT2D eigenvalue weighted by atomic mass is 16.5. The predicted molar refractivity (Wildman–Crippen MR) is 99.3 cm³/mol. The maximum absolute atomic E-state index is 13.1. The number of benzene rings is 1. The van der Waals surface area contributed by atoms with Crippen molar-refractivity contribution in [1.82, 2.24) is 20.5 Å². The van der Waals surface area contributed by atoms with Crippen molar-refractivity contribution in [2.45, 2.75) is 24.9 Å². The number of aromatic nitrogens is 1. The fourth-order valence-corrected chi connectivity index (χ4v) is 3.65. The third-order valence-electron chi connectivity index (χ3n) is 5.07. The van der Waals surface area contributed by atoms with E-state index in [4.69, 9.17) is 4.74 Å². The average molecular weight is 380 g/mol. The average Bonchev–Trinajstić information content (AvgIpc) is 2.94. The number of amides is 4. The lowest BCUT2D eigenvalue weighted by Crippen LogP contribution is -2.48. The summed E-state index contributed by atoms with van der Waals surface area (Å²) in [6, 6.07) is 11.6. The van der Waals surface area contributed by atoms with Crippen molar-refractivity contribution in [2.75, 3.05) is 13.2 Å². The van der Waals surface area contributed by atoms with Gasteiger partial charge in [0.25, 0.3) is 5.91 Å². The molecule has 4 amide bonds. The van der Waals surface area contributed by atoms with Gasteiger partial charge in [-0.1, -0.05) is 24.3 Å². The molecule has 2 atom stereocenters. The van der Waals surface area contributed by atoms with E-state index in [1.807, 2.05) is 12.1 Å². The van der Waals surface area contributed by atoms with Gasteiger partial charge in [0.05, 0.1) is 18.3 Å². The van der Waals surface area contributed by atoms with E-state index < -0.39 is 23.4 Å². The number of fused-ring (bicyclic) bond motifs is 2. The summed E-state index contributed by atoms with van der Waals surface area (Å²) in [5.74, 6) is -0.301. The topological polar surface area (TPSA) is 101 Å². The largest absolute Gasteiger partial charge is 0.493 e. The molecular weight excluding hydrogens is 360 g/mol. The molecule has 1 spiro atoms. The van der Waals surface area contributed by atoms with Gasteiger partial charge in [-0.2, -0.15) is 0 Å². The molecule has 3 heterocycles. The van der Waals surface area contributed by atoms with Gasteiger partial charge in [-0.3, -0.25) is 19.5 Å². The van der Waals surface area contributed by atoms with Gasteiger partial charge in [-0.15, -0.1) is 0 Å². The van der Waals surface area contributed by atoms with E-state index >= 15 is 0 Å². The number of urea groups is 1. The van der Waals surface area contributed by atoms with Gasteiger partial charge in [0, 0.05) is 18.2 Å².